The number of anilines is 1. The van der Waals surface area contributed by atoms with Crippen molar-refractivity contribution < 1.29 is 9.84 Å². The van der Waals surface area contributed by atoms with Crippen LogP contribution in [0.25, 0.3) is 0 Å². The van der Waals surface area contributed by atoms with Crippen LogP contribution in [0.15, 0.2) is 54.6 Å². The quantitative estimate of drug-likeness (QED) is 0.813. The third-order valence-corrected chi connectivity index (χ3v) is 3.23. The van der Waals surface area contributed by atoms with E-state index in [2.05, 4.69) is 17.4 Å². The molecule has 106 valence electrons. The van der Waals surface area contributed by atoms with Gasteiger partial charge in [0.2, 0.25) is 0 Å². The fraction of sp³-hybridized carbons (Fsp3) is 0.294. The highest BCUT2D eigenvalue weighted by molar-refractivity contribution is 5.47. The van der Waals surface area contributed by atoms with Gasteiger partial charge >= 0.3 is 0 Å². The highest BCUT2D eigenvalue weighted by Gasteiger charge is 2.10. The third-order valence-electron chi connectivity index (χ3n) is 3.23. The van der Waals surface area contributed by atoms with E-state index in [0.717, 1.165) is 11.3 Å². The fourth-order valence-electron chi connectivity index (χ4n) is 2.17. The van der Waals surface area contributed by atoms with E-state index in [9.17, 15) is 0 Å². The van der Waals surface area contributed by atoms with E-state index < -0.39 is 0 Å². The molecular weight excluding hydrogens is 250 g/mol. The van der Waals surface area contributed by atoms with Crippen molar-refractivity contribution in [2.45, 2.75) is 12.5 Å². The zero-order valence-corrected chi connectivity index (χ0v) is 11.8. The van der Waals surface area contributed by atoms with Crippen LogP contribution < -0.4 is 5.32 Å². The molecule has 2 aromatic rings. The number of hydrogen-bond acceptors (Lipinski definition) is 3. The summed E-state index contributed by atoms with van der Waals surface area (Å²) in [4.78, 5) is 0. The van der Waals surface area contributed by atoms with Crippen molar-refractivity contribution in [2.24, 2.45) is 0 Å². The first-order chi connectivity index (χ1) is 9.83. The minimum Gasteiger partial charge on any atom is -0.396 e. The van der Waals surface area contributed by atoms with Gasteiger partial charge in [-0.3, -0.25) is 0 Å². The molecule has 0 aromatic heterocycles. The monoisotopic (exact) mass is 271 g/mol. The van der Waals surface area contributed by atoms with Gasteiger partial charge in [0.25, 0.3) is 0 Å². The summed E-state index contributed by atoms with van der Waals surface area (Å²) in [6.07, 6.45) is 0.695. The van der Waals surface area contributed by atoms with Gasteiger partial charge in [-0.15, -0.1) is 0 Å². The van der Waals surface area contributed by atoms with Crippen molar-refractivity contribution in [3.8, 4) is 0 Å². The van der Waals surface area contributed by atoms with Gasteiger partial charge in [-0.2, -0.15) is 0 Å². The summed E-state index contributed by atoms with van der Waals surface area (Å²) in [5.74, 6) is 0. The van der Waals surface area contributed by atoms with Gasteiger partial charge in [0.05, 0.1) is 12.6 Å². The Bertz CT molecular complexity index is 496. The molecule has 2 N–H and O–H groups in total. The molecule has 0 heterocycles. The average molecular weight is 271 g/mol. The van der Waals surface area contributed by atoms with E-state index in [-0.39, 0.29) is 12.6 Å². The number of nitrogens with one attached hydrogen (secondary N) is 1. The summed E-state index contributed by atoms with van der Waals surface area (Å²) in [5, 5.41) is 12.4. The van der Waals surface area contributed by atoms with Crippen LogP contribution >= 0.6 is 0 Å². The molecular formula is C17H21NO2. The molecule has 20 heavy (non-hydrogen) atoms. The summed E-state index contributed by atoms with van der Waals surface area (Å²) in [5.41, 5.74) is 3.40. The Hall–Kier alpha value is -1.84. The first-order valence-electron chi connectivity index (χ1n) is 6.83. The van der Waals surface area contributed by atoms with Crippen molar-refractivity contribution in [3.63, 3.8) is 0 Å². The Labute approximate surface area is 120 Å². The zero-order chi connectivity index (χ0) is 14.2. The van der Waals surface area contributed by atoms with Crippen LogP contribution in [0.2, 0.25) is 0 Å². The predicted octanol–water partition coefficient (Wildman–Crippen LogP) is 3.02. The number of benzene rings is 2. The molecule has 0 aliphatic rings. The van der Waals surface area contributed by atoms with Gasteiger partial charge in [-0.05, 0) is 29.7 Å². The number of rotatable bonds is 7. The van der Waals surface area contributed by atoms with E-state index in [1.807, 2.05) is 42.5 Å². The highest BCUT2D eigenvalue weighted by Crippen LogP contribution is 2.20. The van der Waals surface area contributed by atoms with E-state index in [1.165, 1.54) is 5.56 Å². The van der Waals surface area contributed by atoms with Gasteiger partial charge in [-0.25, -0.2) is 0 Å². The molecule has 0 fully saturated rings. The molecule has 1 unspecified atom stereocenters. The van der Waals surface area contributed by atoms with Gasteiger partial charge in [-0.1, -0.05) is 42.5 Å². The lowest BCUT2D eigenvalue weighted by Crippen LogP contribution is -2.16. The second-order valence-corrected chi connectivity index (χ2v) is 4.73. The Kier molecular flexibility index (Phi) is 5.59. The Balaban J connectivity index is 2.08. The van der Waals surface area contributed by atoms with Crippen LogP contribution in [-0.2, 0) is 11.2 Å². The maximum atomic E-state index is 8.92. The second-order valence-electron chi connectivity index (χ2n) is 4.73. The van der Waals surface area contributed by atoms with Gasteiger partial charge < -0.3 is 15.2 Å². The Morgan fingerprint density at radius 3 is 2.35 bits per heavy atom. The first-order valence-corrected chi connectivity index (χ1v) is 6.83. The van der Waals surface area contributed by atoms with Gasteiger partial charge in [0.1, 0.15) is 0 Å². The van der Waals surface area contributed by atoms with Crippen molar-refractivity contribution in [1.82, 2.24) is 0 Å². The van der Waals surface area contributed by atoms with E-state index >= 15 is 0 Å². The number of aliphatic hydroxyl groups excluding tert-OH is 1. The lowest BCUT2D eigenvalue weighted by Gasteiger charge is -2.20. The molecule has 0 aliphatic carbocycles. The molecule has 0 radical (unpaired) electrons. The topological polar surface area (TPSA) is 41.5 Å². The van der Waals surface area contributed by atoms with Gasteiger partial charge in [0.15, 0.2) is 0 Å². The third kappa shape index (κ3) is 4.08. The molecule has 1 atom stereocenters. The Morgan fingerprint density at radius 2 is 1.75 bits per heavy atom. The maximum absolute atomic E-state index is 8.92. The zero-order valence-electron chi connectivity index (χ0n) is 11.8. The maximum Gasteiger partial charge on any atom is 0.0747 e. The van der Waals surface area contributed by atoms with E-state index in [1.54, 1.807) is 7.11 Å². The molecule has 3 heteroatoms. The predicted molar refractivity (Wildman–Crippen MR) is 81.9 cm³/mol. The minimum absolute atomic E-state index is 0.130. The molecule has 2 aromatic carbocycles. The van der Waals surface area contributed by atoms with Crippen molar-refractivity contribution in [1.29, 1.82) is 0 Å². The summed E-state index contributed by atoms with van der Waals surface area (Å²) in [7, 11) is 1.71. The second kappa shape index (κ2) is 7.68. The summed E-state index contributed by atoms with van der Waals surface area (Å²) in [6.45, 7) is 0.797. The summed E-state index contributed by atoms with van der Waals surface area (Å²) in [6, 6.07) is 18.5. The van der Waals surface area contributed by atoms with Crippen molar-refractivity contribution in [2.75, 3.05) is 25.6 Å². The molecule has 0 saturated carbocycles. The Morgan fingerprint density at radius 1 is 1.05 bits per heavy atom. The summed E-state index contributed by atoms with van der Waals surface area (Å²) < 4.78 is 5.30. The molecule has 2 rings (SSSR count). The highest BCUT2D eigenvalue weighted by atomic mass is 16.5. The molecule has 3 nitrogen and oxygen atoms in total. The number of hydrogen-bond donors (Lipinski definition) is 2. The van der Waals surface area contributed by atoms with Crippen molar-refractivity contribution in [3.05, 3.63) is 65.7 Å². The molecule has 0 spiro atoms. The molecule has 0 aliphatic heterocycles. The number of aliphatic hydroxyl groups is 1. The smallest absolute Gasteiger partial charge is 0.0747 e. The molecule has 0 amide bonds. The summed E-state index contributed by atoms with van der Waals surface area (Å²) >= 11 is 0. The first kappa shape index (κ1) is 14.6. The van der Waals surface area contributed by atoms with Crippen LogP contribution in [0.5, 0.6) is 0 Å². The normalized spacial score (nSPS) is 12.1. The van der Waals surface area contributed by atoms with Crippen LogP contribution in [0.4, 0.5) is 5.69 Å². The minimum atomic E-state index is 0.130. The van der Waals surface area contributed by atoms with E-state index in [0.29, 0.717) is 13.0 Å². The lowest BCUT2D eigenvalue weighted by atomic mass is 10.1. The van der Waals surface area contributed by atoms with Crippen LogP contribution in [0.3, 0.4) is 0 Å². The lowest BCUT2D eigenvalue weighted by molar-refractivity contribution is 0.186. The average Bonchev–Trinajstić information content (AvgIpc) is 2.50. The molecule has 0 bridgehead atoms. The van der Waals surface area contributed by atoms with Crippen molar-refractivity contribution >= 4 is 5.69 Å². The number of methoxy groups -OCH3 is 1. The fourth-order valence-corrected chi connectivity index (χ4v) is 2.17. The van der Waals surface area contributed by atoms with Crippen LogP contribution in [-0.4, -0.2) is 25.4 Å². The van der Waals surface area contributed by atoms with Gasteiger partial charge in [0, 0.05) is 19.4 Å². The van der Waals surface area contributed by atoms with Crippen LogP contribution in [0, 0.1) is 0 Å². The standard InChI is InChI=1S/C17H21NO2/c1-20-13-17(15-5-3-2-4-6-15)18-16-9-7-14(8-10-16)11-12-19/h2-10,17-19H,11-13H2,1H3. The SMILES string of the molecule is COCC(Nc1ccc(CCO)cc1)c1ccccc1. The number of ether oxygens (including phenoxy) is 1. The largest absolute Gasteiger partial charge is 0.396 e. The van der Waals surface area contributed by atoms with Crippen LogP contribution in [0.1, 0.15) is 17.2 Å². The molecule has 0 saturated heterocycles. The van der Waals surface area contributed by atoms with E-state index in [4.69, 9.17) is 9.84 Å².